The average Bonchev–Trinajstić information content (AvgIpc) is 2.33. The third kappa shape index (κ3) is 5.32. The van der Waals surface area contributed by atoms with Crippen molar-refractivity contribution in [3.05, 3.63) is 41.7 Å². The van der Waals surface area contributed by atoms with Gasteiger partial charge in [-0.2, -0.15) is 0 Å². The zero-order valence-electron chi connectivity index (χ0n) is 11.4. The molecule has 100 valence electrons. The lowest BCUT2D eigenvalue weighted by Gasteiger charge is -2.05. The highest BCUT2D eigenvalue weighted by atomic mass is 19.1. The summed E-state index contributed by atoms with van der Waals surface area (Å²) in [5.41, 5.74) is 0.960. The van der Waals surface area contributed by atoms with E-state index in [-0.39, 0.29) is 5.82 Å². The Labute approximate surface area is 109 Å². The molecule has 18 heavy (non-hydrogen) atoms. The van der Waals surface area contributed by atoms with Gasteiger partial charge >= 0.3 is 0 Å². The van der Waals surface area contributed by atoms with Crippen LogP contribution in [0.15, 0.2) is 30.4 Å². The Kier molecular flexibility index (Phi) is 6.44. The van der Waals surface area contributed by atoms with Crippen molar-refractivity contribution in [3.63, 3.8) is 0 Å². The number of hydrogen-bond acceptors (Lipinski definition) is 2. The van der Waals surface area contributed by atoms with Gasteiger partial charge in [0, 0.05) is 6.04 Å². The third-order valence-corrected chi connectivity index (χ3v) is 2.60. The molecule has 1 rings (SSSR count). The van der Waals surface area contributed by atoms with E-state index >= 15 is 0 Å². The van der Waals surface area contributed by atoms with Crippen LogP contribution in [0.25, 0.3) is 0 Å². The molecule has 1 aromatic rings. The van der Waals surface area contributed by atoms with Crippen molar-refractivity contribution in [2.75, 3.05) is 13.7 Å². The first-order valence-corrected chi connectivity index (χ1v) is 6.34. The van der Waals surface area contributed by atoms with Gasteiger partial charge in [-0.3, -0.25) is 0 Å². The summed E-state index contributed by atoms with van der Waals surface area (Å²) in [6, 6.07) is 5.60. The monoisotopic (exact) mass is 251 g/mol. The van der Waals surface area contributed by atoms with Gasteiger partial charge < -0.3 is 10.1 Å². The summed E-state index contributed by atoms with van der Waals surface area (Å²) in [5.74, 6) is -0.00580. The Balaban J connectivity index is 2.34. The second-order valence-electron chi connectivity index (χ2n) is 4.54. The van der Waals surface area contributed by atoms with Gasteiger partial charge in [0.2, 0.25) is 0 Å². The van der Waals surface area contributed by atoms with E-state index in [1.165, 1.54) is 13.2 Å². The highest BCUT2D eigenvalue weighted by molar-refractivity contribution is 5.30. The number of hydrogen-bond donors (Lipinski definition) is 1. The van der Waals surface area contributed by atoms with Crippen LogP contribution in [0, 0.1) is 5.82 Å². The van der Waals surface area contributed by atoms with Crippen LogP contribution in [0.5, 0.6) is 5.75 Å². The summed E-state index contributed by atoms with van der Waals surface area (Å²) in [7, 11) is 1.47. The molecule has 0 saturated carbocycles. The molecule has 0 bridgehead atoms. The number of benzene rings is 1. The number of rotatable bonds is 7. The maximum Gasteiger partial charge on any atom is 0.165 e. The summed E-state index contributed by atoms with van der Waals surface area (Å²) >= 11 is 0. The molecule has 0 aliphatic carbocycles. The summed E-state index contributed by atoms with van der Waals surface area (Å²) in [6.07, 6.45) is 5.94. The molecule has 2 nitrogen and oxygen atoms in total. The van der Waals surface area contributed by atoms with Gasteiger partial charge in [0.15, 0.2) is 11.6 Å². The molecule has 0 amide bonds. The van der Waals surface area contributed by atoms with Gasteiger partial charge in [0.1, 0.15) is 0 Å². The van der Waals surface area contributed by atoms with Crippen molar-refractivity contribution in [3.8, 4) is 5.75 Å². The SMILES string of the molecule is COc1ccc(CC=CCCNC(C)C)cc1F. The van der Waals surface area contributed by atoms with E-state index in [4.69, 9.17) is 4.74 Å². The molecule has 1 N–H and O–H groups in total. The highest BCUT2D eigenvalue weighted by Crippen LogP contribution is 2.17. The fourth-order valence-corrected chi connectivity index (χ4v) is 1.63. The van der Waals surface area contributed by atoms with Crippen molar-refractivity contribution in [1.29, 1.82) is 0 Å². The molecule has 0 radical (unpaired) electrons. The largest absolute Gasteiger partial charge is 0.494 e. The van der Waals surface area contributed by atoms with Crippen LogP contribution in [0.4, 0.5) is 4.39 Å². The number of halogens is 1. The van der Waals surface area contributed by atoms with Crippen molar-refractivity contribution in [2.45, 2.75) is 32.7 Å². The number of ether oxygens (including phenoxy) is 1. The molecule has 0 aromatic heterocycles. The Hall–Kier alpha value is -1.35. The van der Waals surface area contributed by atoms with Crippen LogP contribution in [0.3, 0.4) is 0 Å². The van der Waals surface area contributed by atoms with E-state index in [0.29, 0.717) is 11.8 Å². The average molecular weight is 251 g/mol. The standard InChI is InChI=1S/C15H22FNO/c1-12(2)17-10-6-4-5-7-13-8-9-15(18-3)14(16)11-13/h4-5,8-9,11-12,17H,6-7,10H2,1-3H3. The fraction of sp³-hybridized carbons (Fsp3) is 0.467. The lowest BCUT2D eigenvalue weighted by molar-refractivity contribution is 0.386. The second-order valence-corrected chi connectivity index (χ2v) is 4.54. The fourth-order valence-electron chi connectivity index (χ4n) is 1.63. The Bertz CT molecular complexity index is 388. The lowest BCUT2D eigenvalue weighted by atomic mass is 10.1. The zero-order chi connectivity index (χ0) is 13.4. The Morgan fingerprint density at radius 2 is 2.11 bits per heavy atom. The Morgan fingerprint density at radius 3 is 2.72 bits per heavy atom. The van der Waals surface area contributed by atoms with E-state index in [1.54, 1.807) is 6.07 Å². The molecule has 0 spiro atoms. The van der Waals surface area contributed by atoms with Crippen LogP contribution in [0.2, 0.25) is 0 Å². The van der Waals surface area contributed by atoms with Gasteiger partial charge in [-0.05, 0) is 37.1 Å². The lowest BCUT2D eigenvalue weighted by Crippen LogP contribution is -2.23. The minimum Gasteiger partial charge on any atom is -0.494 e. The molecule has 3 heteroatoms. The first-order valence-electron chi connectivity index (χ1n) is 6.34. The van der Waals surface area contributed by atoms with Gasteiger partial charge in [0.05, 0.1) is 7.11 Å². The molecule has 0 unspecified atom stereocenters. The third-order valence-electron chi connectivity index (χ3n) is 2.60. The van der Waals surface area contributed by atoms with Crippen molar-refractivity contribution in [1.82, 2.24) is 5.32 Å². The van der Waals surface area contributed by atoms with Crippen LogP contribution >= 0.6 is 0 Å². The van der Waals surface area contributed by atoms with Gasteiger partial charge in [0.25, 0.3) is 0 Å². The molecule has 1 aromatic carbocycles. The molecule has 0 fully saturated rings. The van der Waals surface area contributed by atoms with E-state index < -0.39 is 0 Å². The number of nitrogens with one attached hydrogen (secondary N) is 1. The summed E-state index contributed by atoms with van der Waals surface area (Å²) in [4.78, 5) is 0. The molecular weight excluding hydrogens is 229 g/mol. The van der Waals surface area contributed by atoms with E-state index in [0.717, 1.165) is 24.9 Å². The predicted octanol–water partition coefficient (Wildman–Crippen LogP) is 3.32. The zero-order valence-corrected chi connectivity index (χ0v) is 11.4. The molecule has 0 atom stereocenters. The quantitative estimate of drug-likeness (QED) is 0.593. The highest BCUT2D eigenvalue weighted by Gasteiger charge is 2.01. The van der Waals surface area contributed by atoms with Crippen LogP contribution < -0.4 is 10.1 Å². The number of methoxy groups -OCH3 is 1. The normalized spacial score (nSPS) is 11.4. The van der Waals surface area contributed by atoms with Gasteiger partial charge in [-0.15, -0.1) is 0 Å². The van der Waals surface area contributed by atoms with Gasteiger partial charge in [-0.1, -0.05) is 32.1 Å². The van der Waals surface area contributed by atoms with E-state index in [2.05, 4.69) is 31.3 Å². The minimum absolute atomic E-state index is 0.295. The first-order chi connectivity index (χ1) is 8.63. The van der Waals surface area contributed by atoms with E-state index in [1.807, 2.05) is 6.07 Å². The predicted molar refractivity (Wildman–Crippen MR) is 73.6 cm³/mol. The van der Waals surface area contributed by atoms with Gasteiger partial charge in [-0.25, -0.2) is 4.39 Å². The smallest absolute Gasteiger partial charge is 0.165 e. The van der Waals surface area contributed by atoms with Crippen LogP contribution in [-0.4, -0.2) is 19.7 Å². The van der Waals surface area contributed by atoms with Crippen LogP contribution in [-0.2, 0) is 6.42 Å². The maximum atomic E-state index is 13.4. The molecule has 0 aliphatic rings. The summed E-state index contributed by atoms with van der Waals surface area (Å²) < 4.78 is 18.3. The summed E-state index contributed by atoms with van der Waals surface area (Å²) in [6.45, 7) is 5.23. The minimum atomic E-state index is -0.301. The second kappa shape index (κ2) is 7.88. The maximum absolute atomic E-state index is 13.4. The molecule has 0 aliphatic heterocycles. The topological polar surface area (TPSA) is 21.3 Å². The van der Waals surface area contributed by atoms with Crippen molar-refractivity contribution < 1.29 is 9.13 Å². The van der Waals surface area contributed by atoms with Crippen LogP contribution in [0.1, 0.15) is 25.8 Å². The first kappa shape index (κ1) is 14.7. The van der Waals surface area contributed by atoms with Crippen molar-refractivity contribution in [2.24, 2.45) is 0 Å². The van der Waals surface area contributed by atoms with E-state index in [9.17, 15) is 4.39 Å². The number of allylic oxidation sites excluding steroid dienone is 1. The van der Waals surface area contributed by atoms with Crippen molar-refractivity contribution >= 4 is 0 Å². The molecule has 0 heterocycles. The molecule has 0 saturated heterocycles. The Morgan fingerprint density at radius 1 is 1.33 bits per heavy atom. The summed E-state index contributed by atoms with van der Waals surface area (Å²) in [5, 5.41) is 3.34. The molecular formula is C15H22FNO.